The van der Waals surface area contributed by atoms with Crippen molar-refractivity contribution in [3.8, 4) is 0 Å². The summed E-state index contributed by atoms with van der Waals surface area (Å²) in [5, 5.41) is 38.5. The Morgan fingerprint density at radius 1 is 1.07 bits per heavy atom. The molecule has 158 valence electrons. The van der Waals surface area contributed by atoms with Gasteiger partial charge in [0, 0.05) is 0 Å². The van der Waals surface area contributed by atoms with Crippen LogP contribution in [0.2, 0.25) is 0 Å². The highest BCUT2D eigenvalue weighted by molar-refractivity contribution is 5.71. The zero-order valence-corrected chi connectivity index (χ0v) is 16.1. The van der Waals surface area contributed by atoms with Crippen LogP contribution in [0, 0.1) is 0 Å². The van der Waals surface area contributed by atoms with Crippen LogP contribution in [-0.4, -0.2) is 75.3 Å². The van der Waals surface area contributed by atoms with Crippen LogP contribution in [-0.2, 0) is 23.8 Å². The summed E-state index contributed by atoms with van der Waals surface area (Å²) in [6, 6.07) is 0. The fourth-order valence-electron chi connectivity index (χ4n) is 2.90. The predicted molar refractivity (Wildman–Crippen MR) is 93.8 cm³/mol. The van der Waals surface area contributed by atoms with Crippen LogP contribution in [0.3, 0.4) is 0 Å². The molecule has 0 aromatic rings. The van der Waals surface area contributed by atoms with Gasteiger partial charge < -0.3 is 34.6 Å². The van der Waals surface area contributed by atoms with Gasteiger partial charge in [-0.3, -0.25) is 9.59 Å². The van der Waals surface area contributed by atoms with E-state index in [4.69, 9.17) is 19.3 Å². The minimum absolute atomic E-state index is 0.132. The van der Waals surface area contributed by atoms with E-state index in [2.05, 4.69) is 0 Å². The molecule has 4 N–H and O–H groups in total. The number of ether oxygens (including phenoxy) is 3. The number of hydrogen-bond donors (Lipinski definition) is 4. The Morgan fingerprint density at radius 3 is 2.33 bits per heavy atom. The lowest BCUT2D eigenvalue weighted by molar-refractivity contribution is -0.304. The Kier molecular flexibility index (Phi) is 10.2. The molecule has 1 fully saturated rings. The van der Waals surface area contributed by atoms with Crippen molar-refractivity contribution in [1.82, 2.24) is 0 Å². The van der Waals surface area contributed by atoms with E-state index in [0.29, 0.717) is 6.42 Å². The van der Waals surface area contributed by atoms with Gasteiger partial charge in [0.15, 0.2) is 6.29 Å². The molecular formula is C18H32O9. The zero-order valence-electron chi connectivity index (χ0n) is 16.1. The van der Waals surface area contributed by atoms with Crippen molar-refractivity contribution in [2.45, 2.75) is 102 Å². The zero-order chi connectivity index (χ0) is 20.6. The van der Waals surface area contributed by atoms with Gasteiger partial charge in [0.2, 0.25) is 0 Å². The molecule has 0 spiro atoms. The fourth-order valence-corrected chi connectivity index (χ4v) is 2.90. The third kappa shape index (κ3) is 8.10. The van der Waals surface area contributed by atoms with Gasteiger partial charge >= 0.3 is 11.9 Å². The first-order valence-electron chi connectivity index (χ1n) is 9.42. The first-order chi connectivity index (χ1) is 12.6. The molecule has 27 heavy (non-hydrogen) atoms. The SMILES string of the molecule is CCCCCC(CC(=O)OC(C)CC(=O)O)O[C@@H]1OC(C)[C@H](O)[C@H](O)C1O. The lowest BCUT2D eigenvalue weighted by atomic mass is 10.00. The molecule has 9 nitrogen and oxygen atoms in total. The van der Waals surface area contributed by atoms with E-state index in [1.807, 2.05) is 6.92 Å². The molecule has 1 rings (SSSR count). The second-order valence-electron chi connectivity index (χ2n) is 7.04. The highest BCUT2D eigenvalue weighted by Gasteiger charge is 2.43. The van der Waals surface area contributed by atoms with Crippen molar-refractivity contribution in [1.29, 1.82) is 0 Å². The van der Waals surface area contributed by atoms with Crippen molar-refractivity contribution in [2.24, 2.45) is 0 Å². The Bertz CT molecular complexity index is 470. The van der Waals surface area contributed by atoms with E-state index in [0.717, 1.165) is 19.3 Å². The van der Waals surface area contributed by atoms with Crippen molar-refractivity contribution < 1.29 is 44.2 Å². The molecule has 0 aromatic carbocycles. The number of esters is 1. The van der Waals surface area contributed by atoms with Gasteiger partial charge in [0.25, 0.3) is 0 Å². The monoisotopic (exact) mass is 392 g/mol. The number of unbranched alkanes of at least 4 members (excludes halogenated alkanes) is 2. The molecule has 7 atom stereocenters. The summed E-state index contributed by atoms with van der Waals surface area (Å²) in [6.07, 6.45) is -4.67. The average molecular weight is 392 g/mol. The summed E-state index contributed by atoms with van der Waals surface area (Å²) in [5.41, 5.74) is 0. The predicted octanol–water partition coefficient (Wildman–Crippen LogP) is 0.576. The molecule has 9 heteroatoms. The quantitative estimate of drug-likeness (QED) is 0.293. The minimum atomic E-state index is -1.45. The van der Waals surface area contributed by atoms with E-state index in [9.17, 15) is 24.9 Å². The highest BCUT2D eigenvalue weighted by atomic mass is 16.7. The molecule has 0 amide bonds. The molecular weight excluding hydrogens is 360 g/mol. The fraction of sp³-hybridized carbons (Fsp3) is 0.889. The van der Waals surface area contributed by atoms with Crippen LogP contribution in [0.25, 0.3) is 0 Å². The molecule has 0 radical (unpaired) electrons. The Hall–Kier alpha value is -1.26. The normalized spacial score (nSPS) is 30.5. The summed E-state index contributed by atoms with van der Waals surface area (Å²) < 4.78 is 16.2. The van der Waals surface area contributed by atoms with E-state index < -0.39 is 54.9 Å². The van der Waals surface area contributed by atoms with Crippen LogP contribution < -0.4 is 0 Å². The van der Waals surface area contributed by atoms with E-state index in [1.54, 1.807) is 6.92 Å². The number of aliphatic carboxylic acids is 1. The summed E-state index contributed by atoms with van der Waals surface area (Å²) in [5.74, 6) is -1.67. The maximum Gasteiger partial charge on any atom is 0.308 e. The van der Waals surface area contributed by atoms with Gasteiger partial charge in [-0.1, -0.05) is 26.2 Å². The smallest absolute Gasteiger partial charge is 0.308 e. The number of carbonyl (C=O) groups is 2. The number of carboxylic acid groups (broad SMARTS) is 1. The standard InChI is InChI=1S/C18H32O9/c1-4-5-6-7-12(9-14(21)25-10(2)8-13(19)20)27-18-17(24)16(23)15(22)11(3)26-18/h10-12,15-18,22-24H,4-9H2,1-3H3,(H,19,20)/t10?,11?,12?,15-,16-,17?,18-/m0/s1. The first-order valence-corrected chi connectivity index (χ1v) is 9.42. The number of rotatable bonds is 11. The molecule has 1 aliphatic heterocycles. The van der Waals surface area contributed by atoms with Crippen LogP contribution >= 0.6 is 0 Å². The second-order valence-corrected chi connectivity index (χ2v) is 7.04. The molecule has 1 heterocycles. The lowest BCUT2D eigenvalue weighted by Gasteiger charge is -2.40. The molecule has 0 aliphatic carbocycles. The maximum atomic E-state index is 12.1. The third-order valence-electron chi connectivity index (χ3n) is 4.45. The second kappa shape index (κ2) is 11.6. The number of aliphatic hydroxyl groups is 3. The van der Waals surface area contributed by atoms with Crippen LogP contribution in [0.15, 0.2) is 0 Å². The van der Waals surface area contributed by atoms with E-state index in [-0.39, 0.29) is 12.8 Å². The molecule has 4 unspecified atom stereocenters. The van der Waals surface area contributed by atoms with Gasteiger partial charge in [0.1, 0.15) is 24.4 Å². The van der Waals surface area contributed by atoms with Gasteiger partial charge in [-0.25, -0.2) is 0 Å². The minimum Gasteiger partial charge on any atom is -0.481 e. The van der Waals surface area contributed by atoms with Crippen molar-refractivity contribution in [3.05, 3.63) is 0 Å². The van der Waals surface area contributed by atoms with Crippen LogP contribution in [0.1, 0.15) is 59.3 Å². The summed E-state index contributed by atoms with van der Waals surface area (Å²) in [4.78, 5) is 22.8. The Balaban J connectivity index is 2.67. The van der Waals surface area contributed by atoms with Crippen LogP contribution in [0.4, 0.5) is 0 Å². The van der Waals surface area contributed by atoms with Crippen molar-refractivity contribution >= 4 is 11.9 Å². The van der Waals surface area contributed by atoms with Gasteiger partial charge in [-0.05, 0) is 20.3 Å². The largest absolute Gasteiger partial charge is 0.481 e. The number of carbonyl (C=O) groups excluding carboxylic acids is 1. The molecule has 1 saturated heterocycles. The molecule has 1 aliphatic rings. The van der Waals surface area contributed by atoms with Gasteiger partial charge in [0.05, 0.1) is 25.0 Å². The maximum absolute atomic E-state index is 12.1. The third-order valence-corrected chi connectivity index (χ3v) is 4.45. The van der Waals surface area contributed by atoms with Gasteiger partial charge in [-0.15, -0.1) is 0 Å². The molecule has 0 aromatic heterocycles. The number of carboxylic acids is 1. The molecule has 0 saturated carbocycles. The highest BCUT2D eigenvalue weighted by Crippen LogP contribution is 2.25. The summed E-state index contributed by atoms with van der Waals surface area (Å²) >= 11 is 0. The summed E-state index contributed by atoms with van der Waals surface area (Å²) in [6.45, 7) is 5.07. The van der Waals surface area contributed by atoms with Crippen molar-refractivity contribution in [3.63, 3.8) is 0 Å². The molecule has 0 bridgehead atoms. The average Bonchev–Trinajstić information content (AvgIpc) is 2.56. The first kappa shape index (κ1) is 23.8. The Morgan fingerprint density at radius 2 is 1.74 bits per heavy atom. The Labute approximate surface area is 159 Å². The van der Waals surface area contributed by atoms with Crippen LogP contribution in [0.5, 0.6) is 0 Å². The summed E-state index contributed by atoms with van der Waals surface area (Å²) in [7, 11) is 0. The number of aliphatic hydroxyl groups excluding tert-OH is 3. The lowest BCUT2D eigenvalue weighted by Crippen LogP contribution is -2.58. The topological polar surface area (TPSA) is 143 Å². The number of hydrogen-bond acceptors (Lipinski definition) is 8. The van der Waals surface area contributed by atoms with Gasteiger partial charge in [-0.2, -0.15) is 0 Å². The van der Waals surface area contributed by atoms with E-state index in [1.165, 1.54) is 6.92 Å². The van der Waals surface area contributed by atoms with Crippen molar-refractivity contribution in [2.75, 3.05) is 0 Å². The van der Waals surface area contributed by atoms with E-state index >= 15 is 0 Å².